The third-order valence-electron chi connectivity index (χ3n) is 1.79. The molecule has 0 atom stereocenters. The number of nitrogens with zero attached hydrogens (tertiary/aromatic N) is 1. The Labute approximate surface area is 93.5 Å². The van der Waals surface area contributed by atoms with Crippen LogP contribution in [0.15, 0.2) is 6.20 Å². The van der Waals surface area contributed by atoms with E-state index in [0.717, 1.165) is 0 Å². The van der Waals surface area contributed by atoms with E-state index in [1.807, 2.05) is 0 Å². The molecule has 3 N–H and O–H groups in total. The van der Waals surface area contributed by atoms with Crippen LogP contribution in [0.3, 0.4) is 0 Å². The molecule has 0 saturated carbocycles. The van der Waals surface area contributed by atoms with Gasteiger partial charge in [-0.15, -0.1) is 0 Å². The summed E-state index contributed by atoms with van der Waals surface area (Å²) >= 11 is 1.77. The zero-order valence-corrected chi connectivity index (χ0v) is 9.33. The SMILES string of the molecule is NCc1ncc(CO)c(C(F)F)c1I. The molecule has 3 nitrogen and oxygen atoms in total. The van der Waals surface area contributed by atoms with Crippen molar-refractivity contribution < 1.29 is 13.9 Å². The molecular formula is C8H9F2IN2O. The molecule has 0 radical (unpaired) electrons. The van der Waals surface area contributed by atoms with Crippen molar-refractivity contribution in [3.05, 3.63) is 26.6 Å². The molecule has 0 bridgehead atoms. The van der Waals surface area contributed by atoms with Crippen molar-refractivity contribution in [2.24, 2.45) is 5.73 Å². The average molecular weight is 314 g/mol. The Morgan fingerprint density at radius 2 is 2.21 bits per heavy atom. The summed E-state index contributed by atoms with van der Waals surface area (Å²) in [5, 5.41) is 8.85. The van der Waals surface area contributed by atoms with E-state index in [9.17, 15) is 8.78 Å². The summed E-state index contributed by atoms with van der Waals surface area (Å²) in [5.41, 5.74) is 5.76. The van der Waals surface area contributed by atoms with Crippen LogP contribution < -0.4 is 5.73 Å². The summed E-state index contributed by atoms with van der Waals surface area (Å²) in [6, 6.07) is 0. The highest BCUT2D eigenvalue weighted by molar-refractivity contribution is 14.1. The Bertz CT molecular complexity index is 333. The summed E-state index contributed by atoms with van der Waals surface area (Å²) in [5.74, 6) is 0. The number of hydrogen-bond acceptors (Lipinski definition) is 3. The van der Waals surface area contributed by atoms with Gasteiger partial charge < -0.3 is 10.8 Å². The van der Waals surface area contributed by atoms with Gasteiger partial charge in [0.05, 0.1) is 12.3 Å². The van der Waals surface area contributed by atoms with E-state index in [-0.39, 0.29) is 17.7 Å². The van der Waals surface area contributed by atoms with Crippen molar-refractivity contribution in [2.45, 2.75) is 19.6 Å². The number of aromatic nitrogens is 1. The van der Waals surface area contributed by atoms with Crippen LogP contribution in [-0.4, -0.2) is 10.1 Å². The Kier molecular flexibility index (Phi) is 4.14. The highest BCUT2D eigenvalue weighted by Crippen LogP contribution is 2.29. The molecule has 0 fully saturated rings. The van der Waals surface area contributed by atoms with Crippen LogP contribution in [0.4, 0.5) is 8.78 Å². The summed E-state index contributed by atoms with van der Waals surface area (Å²) in [7, 11) is 0. The smallest absolute Gasteiger partial charge is 0.265 e. The maximum absolute atomic E-state index is 12.6. The Morgan fingerprint density at radius 1 is 1.57 bits per heavy atom. The Morgan fingerprint density at radius 3 is 2.64 bits per heavy atom. The molecule has 0 aliphatic carbocycles. The molecule has 0 amide bonds. The predicted octanol–water partition coefficient (Wildman–Crippen LogP) is 1.57. The minimum Gasteiger partial charge on any atom is -0.392 e. The van der Waals surface area contributed by atoms with Gasteiger partial charge >= 0.3 is 0 Å². The van der Waals surface area contributed by atoms with E-state index < -0.39 is 13.0 Å². The largest absolute Gasteiger partial charge is 0.392 e. The molecule has 1 aromatic heterocycles. The van der Waals surface area contributed by atoms with Gasteiger partial charge in [0, 0.05) is 27.4 Å². The number of aliphatic hydroxyl groups is 1. The van der Waals surface area contributed by atoms with Crippen molar-refractivity contribution in [3.8, 4) is 0 Å². The van der Waals surface area contributed by atoms with Gasteiger partial charge in [-0.05, 0) is 22.6 Å². The molecule has 6 heteroatoms. The van der Waals surface area contributed by atoms with E-state index in [2.05, 4.69) is 4.98 Å². The van der Waals surface area contributed by atoms with Gasteiger partial charge in [0.2, 0.25) is 0 Å². The molecule has 0 aliphatic rings. The van der Waals surface area contributed by atoms with Crippen LogP contribution in [0, 0.1) is 3.57 Å². The molecule has 0 aliphatic heterocycles. The summed E-state index contributed by atoms with van der Waals surface area (Å²) in [6.45, 7) is -0.322. The second-order valence-corrected chi connectivity index (χ2v) is 3.70. The minimum atomic E-state index is -2.61. The van der Waals surface area contributed by atoms with Crippen LogP contribution in [-0.2, 0) is 13.2 Å². The first kappa shape index (κ1) is 11.7. The standard InChI is InChI=1S/C8H9F2IN2O/c9-8(10)6-4(3-14)2-13-5(1-12)7(6)11/h2,8,14H,1,3,12H2. The number of pyridine rings is 1. The Hall–Kier alpha value is -0.340. The fraction of sp³-hybridized carbons (Fsp3) is 0.375. The zero-order chi connectivity index (χ0) is 10.7. The zero-order valence-electron chi connectivity index (χ0n) is 7.17. The first-order valence-corrected chi connectivity index (χ1v) is 4.94. The van der Waals surface area contributed by atoms with E-state index >= 15 is 0 Å². The maximum Gasteiger partial charge on any atom is 0.265 e. The third-order valence-corrected chi connectivity index (χ3v) is 3.00. The molecular weight excluding hydrogens is 305 g/mol. The molecule has 0 saturated heterocycles. The van der Waals surface area contributed by atoms with Crippen LogP contribution >= 0.6 is 22.6 Å². The van der Waals surface area contributed by atoms with E-state index in [1.54, 1.807) is 22.6 Å². The number of alkyl halides is 2. The lowest BCUT2D eigenvalue weighted by Crippen LogP contribution is -2.08. The van der Waals surface area contributed by atoms with E-state index in [1.165, 1.54) is 6.20 Å². The number of hydrogen-bond donors (Lipinski definition) is 2. The second-order valence-electron chi connectivity index (χ2n) is 2.62. The third kappa shape index (κ3) is 2.18. The van der Waals surface area contributed by atoms with Gasteiger partial charge in [0.15, 0.2) is 0 Å². The van der Waals surface area contributed by atoms with Gasteiger partial charge in [-0.25, -0.2) is 8.78 Å². The quantitative estimate of drug-likeness (QED) is 0.833. The lowest BCUT2D eigenvalue weighted by molar-refractivity contribution is 0.145. The topological polar surface area (TPSA) is 59.1 Å². The molecule has 0 spiro atoms. The second kappa shape index (κ2) is 4.94. The van der Waals surface area contributed by atoms with Crippen molar-refractivity contribution in [2.75, 3.05) is 0 Å². The van der Waals surface area contributed by atoms with E-state index in [4.69, 9.17) is 10.8 Å². The lowest BCUT2D eigenvalue weighted by Gasteiger charge is -2.11. The van der Waals surface area contributed by atoms with E-state index in [0.29, 0.717) is 9.26 Å². The Balaban J connectivity index is 3.31. The minimum absolute atomic E-state index is 0.115. The predicted molar refractivity (Wildman–Crippen MR) is 55.7 cm³/mol. The summed E-state index contributed by atoms with van der Waals surface area (Å²) < 4.78 is 25.6. The maximum atomic E-state index is 12.6. The van der Waals surface area contributed by atoms with Gasteiger partial charge in [-0.3, -0.25) is 4.98 Å². The molecule has 1 rings (SSSR count). The summed E-state index contributed by atoms with van der Waals surface area (Å²) in [6.07, 6.45) is -1.37. The first-order valence-electron chi connectivity index (χ1n) is 3.87. The number of aliphatic hydroxyl groups excluding tert-OH is 1. The van der Waals surface area contributed by atoms with Crippen LogP contribution in [0.5, 0.6) is 0 Å². The van der Waals surface area contributed by atoms with Gasteiger partial charge in [0.25, 0.3) is 6.43 Å². The van der Waals surface area contributed by atoms with Crippen LogP contribution in [0.2, 0.25) is 0 Å². The number of rotatable bonds is 3. The molecule has 78 valence electrons. The van der Waals surface area contributed by atoms with Crippen molar-refractivity contribution in [1.29, 1.82) is 0 Å². The van der Waals surface area contributed by atoms with Crippen LogP contribution in [0.1, 0.15) is 23.2 Å². The molecule has 0 unspecified atom stereocenters. The highest BCUT2D eigenvalue weighted by Gasteiger charge is 2.19. The first-order chi connectivity index (χ1) is 6.61. The lowest BCUT2D eigenvalue weighted by atomic mass is 10.1. The van der Waals surface area contributed by atoms with Crippen molar-refractivity contribution in [1.82, 2.24) is 4.98 Å². The number of halogens is 3. The fourth-order valence-electron chi connectivity index (χ4n) is 1.08. The molecule has 1 aromatic rings. The van der Waals surface area contributed by atoms with Gasteiger partial charge in [-0.2, -0.15) is 0 Å². The highest BCUT2D eigenvalue weighted by atomic mass is 127. The molecule has 1 heterocycles. The van der Waals surface area contributed by atoms with Gasteiger partial charge in [0.1, 0.15) is 0 Å². The normalized spacial score (nSPS) is 11.0. The monoisotopic (exact) mass is 314 g/mol. The average Bonchev–Trinajstić information content (AvgIpc) is 2.16. The van der Waals surface area contributed by atoms with Crippen LogP contribution in [0.25, 0.3) is 0 Å². The van der Waals surface area contributed by atoms with Crippen molar-refractivity contribution >= 4 is 22.6 Å². The van der Waals surface area contributed by atoms with Crippen molar-refractivity contribution in [3.63, 3.8) is 0 Å². The van der Waals surface area contributed by atoms with Gasteiger partial charge in [-0.1, -0.05) is 0 Å². The fourth-order valence-corrected chi connectivity index (χ4v) is 2.02. The summed E-state index contributed by atoms with van der Waals surface area (Å²) in [4.78, 5) is 3.88. The number of nitrogens with two attached hydrogens (primary N) is 1. The molecule has 14 heavy (non-hydrogen) atoms. The molecule has 0 aromatic carbocycles.